The fourth-order valence-corrected chi connectivity index (χ4v) is 3.53. The minimum atomic E-state index is -3.54. The summed E-state index contributed by atoms with van der Waals surface area (Å²) in [5.74, 6) is 0. The second kappa shape index (κ2) is 5.66. The van der Waals surface area contributed by atoms with E-state index in [0.717, 1.165) is 0 Å². The first-order valence-electron chi connectivity index (χ1n) is 6.11. The molecule has 0 bridgehead atoms. The number of hydrogen-bond acceptors (Lipinski definition) is 4. The minimum Gasteiger partial charge on any atom is -0.398 e. The Balaban J connectivity index is 2.01. The molecular formula is C12H17ClN2O3S. The van der Waals surface area contributed by atoms with E-state index in [1.807, 2.05) is 6.92 Å². The number of hydrogen-bond donors (Lipinski definition) is 2. The summed E-state index contributed by atoms with van der Waals surface area (Å²) in [4.78, 5) is 0.131. The molecule has 0 unspecified atom stereocenters. The van der Waals surface area contributed by atoms with Crippen LogP contribution in [0, 0.1) is 0 Å². The van der Waals surface area contributed by atoms with E-state index in [-0.39, 0.29) is 22.1 Å². The topological polar surface area (TPSA) is 81.4 Å². The molecule has 0 amide bonds. The molecule has 19 heavy (non-hydrogen) atoms. The standard InChI is InChI=1S/C12H17ClN2O3S/c1-2-18-9-5-8(6-9)15-19(16,17)10-3-4-12(14)11(13)7-10/h3-4,7-9,15H,2,5-6,14H2,1H3. The van der Waals surface area contributed by atoms with Crippen LogP contribution in [-0.2, 0) is 14.8 Å². The van der Waals surface area contributed by atoms with Crippen LogP contribution >= 0.6 is 11.6 Å². The molecule has 1 aromatic rings. The molecule has 0 atom stereocenters. The first-order valence-corrected chi connectivity index (χ1v) is 7.97. The lowest BCUT2D eigenvalue weighted by Crippen LogP contribution is -2.47. The summed E-state index contributed by atoms with van der Waals surface area (Å²) in [5.41, 5.74) is 5.92. The number of halogens is 1. The Hall–Kier alpha value is -0.820. The molecular weight excluding hydrogens is 288 g/mol. The molecule has 0 radical (unpaired) electrons. The molecule has 106 valence electrons. The maximum absolute atomic E-state index is 12.1. The molecule has 2 rings (SSSR count). The predicted octanol–water partition coefficient (Wildman–Crippen LogP) is 1.77. The number of sulfonamides is 1. The molecule has 7 heteroatoms. The second-order valence-electron chi connectivity index (χ2n) is 4.55. The van der Waals surface area contributed by atoms with Crippen molar-refractivity contribution >= 4 is 27.3 Å². The van der Waals surface area contributed by atoms with Gasteiger partial charge >= 0.3 is 0 Å². The van der Waals surface area contributed by atoms with Gasteiger partial charge < -0.3 is 10.5 Å². The molecule has 3 N–H and O–H groups in total. The van der Waals surface area contributed by atoms with E-state index in [1.54, 1.807) is 0 Å². The van der Waals surface area contributed by atoms with Crippen LogP contribution in [0.3, 0.4) is 0 Å². The average molecular weight is 305 g/mol. The van der Waals surface area contributed by atoms with Crippen molar-refractivity contribution in [3.8, 4) is 0 Å². The average Bonchev–Trinajstić information content (AvgIpc) is 2.30. The van der Waals surface area contributed by atoms with E-state index >= 15 is 0 Å². The molecule has 1 aliphatic rings. The van der Waals surface area contributed by atoms with Crippen molar-refractivity contribution in [3.63, 3.8) is 0 Å². The van der Waals surface area contributed by atoms with Gasteiger partial charge in [-0.05, 0) is 38.0 Å². The zero-order valence-electron chi connectivity index (χ0n) is 10.6. The normalized spacial score (nSPS) is 23.1. The van der Waals surface area contributed by atoms with Crippen LogP contribution in [0.25, 0.3) is 0 Å². The van der Waals surface area contributed by atoms with Crippen molar-refractivity contribution in [1.82, 2.24) is 4.72 Å². The Labute approximate surface area is 118 Å². The third kappa shape index (κ3) is 3.39. The zero-order chi connectivity index (χ0) is 14.0. The molecule has 0 saturated heterocycles. The van der Waals surface area contributed by atoms with Gasteiger partial charge in [-0.15, -0.1) is 0 Å². The van der Waals surface area contributed by atoms with Crippen LogP contribution in [0.5, 0.6) is 0 Å². The van der Waals surface area contributed by atoms with Crippen LogP contribution in [0.2, 0.25) is 5.02 Å². The number of nitrogen functional groups attached to an aromatic ring is 1. The van der Waals surface area contributed by atoms with Crippen molar-refractivity contribution in [2.24, 2.45) is 0 Å². The van der Waals surface area contributed by atoms with Gasteiger partial charge in [0.05, 0.1) is 21.7 Å². The Morgan fingerprint density at radius 2 is 2.16 bits per heavy atom. The Kier molecular flexibility index (Phi) is 4.35. The molecule has 0 heterocycles. The molecule has 1 fully saturated rings. The quantitative estimate of drug-likeness (QED) is 0.812. The molecule has 5 nitrogen and oxygen atoms in total. The van der Waals surface area contributed by atoms with Gasteiger partial charge in [0.15, 0.2) is 0 Å². The number of nitrogens with one attached hydrogen (secondary N) is 1. The number of nitrogens with two attached hydrogens (primary N) is 1. The van der Waals surface area contributed by atoms with Crippen LogP contribution in [0.1, 0.15) is 19.8 Å². The van der Waals surface area contributed by atoms with E-state index in [4.69, 9.17) is 22.1 Å². The fraction of sp³-hybridized carbons (Fsp3) is 0.500. The fourth-order valence-electron chi connectivity index (χ4n) is 2.00. The maximum Gasteiger partial charge on any atom is 0.240 e. The number of ether oxygens (including phenoxy) is 1. The van der Waals surface area contributed by atoms with Crippen molar-refractivity contribution in [3.05, 3.63) is 23.2 Å². The highest BCUT2D eigenvalue weighted by atomic mass is 35.5. The predicted molar refractivity (Wildman–Crippen MR) is 74.6 cm³/mol. The highest BCUT2D eigenvalue weighted by Gasteiger charge is 2.33. The van der Waals surface area contributed by atoms with Crippen LogP contribution in [0.4, 0.5) is 5.69 Å². The number of anilines is 1. The van der Waals surface area contributed by atoms with Gasteiger partial charge in [-0.1, -0.05) is 11.6 Å². The molecule has 1 aliphatic carbocycles. The summed E-state index contributed by atoms with van der Waals surface area (Å²) in [6.07, 6.45) is 1.57. The van der Waals surface area contributed by atoms with E-state index in [2.05, 4.69) is 4.72 Å². The zero-order valence-corrected chi connectivity index (χ0v) is 12.2. The van der Waals surface area contributed by atoms with Crippen LogP contribution < -0.4 is 10.5 Å². The SMILES string of the molecule is CCOC1CC(NS(=O)(=O)c2ccc(N)c(Cl)c2)C1. The summed E-state index contributed by atoms with van der Waals surface area (Å²) >= 11 is 5.83. The summed E-state index contributed by atoms with van der Waals surface area (Å²) in [6, 6.07) is 4.22. The summed E-state index contributed by atoms with van der Waals surface area (Å²) < 4.78 is 32.3. The van der Waals surface area contributed by atoms with E-state index < -0.39 is 10.0 Å². The van der Waals surface area contributed by atoms with Gasteiger partial charge in [-0.3, -0.25) is 0 Å². The third-order valence-corrected chi connectivity index (χ3v) is 4.95. The second-order valence-corrected chi connectivity index (χ2v) is 6.67. The first-order chi connectivity index (χ1) is 8.92. The molecule has 1 aromatic carbocycles. The van der Waals surface area contributed by atoms with Crippen LogP contribution in [-0.4, -0.2) is 27.2 Å². The van der Waals surface area contributed by atoms with Gasteiger partial charge in [0, 0.05) is 12.6 Å². The maximum atomic E-state index is 12.1. The third-order valence-electron chi connectivity index (χ3n) is 3.10. The molecule has 0 aliphatic heterocycles. The Morgan fingerprint density at radius 3 is 2.74 bits per heavy atom. The highest BCUT2D eigenvalue weighted by Crippen LogP contribution is 2.27. The smallest absolute Gasteiger partial charge is 0.240 e. The summed E-state index contributed by atoms with van der Waals surface area (Å²) in [6.45, 7) is 2.57. The lowest BCUT2D eigenvalue weighted by Gasteiger charge is -2.35. The first kappa shape index (κ1) is 14.6. The summed E-state index contributed by atoms with van der Waals surface area (Å²) in [7, 11) is -3.54. The lowest BCUT2D eigenvalue weighted by molar-refractivity contribution is -0.00475. The van der Waals surface area contributed by atoms with E-state index in [0.29, 0.717) is 25.1 Å². The minimum absolute atomic E-state index is 0.0714. The van der Waals surface area contributed by atoms with Gasteiger partial charge in [0.2, 0.25) is 10.0 Å². The molecule has 0 aromatic heterocycles. The lowest BCUT2D eigenvalue weighted by atomic mass is 9.90. The number of rotatable bonds is 5. The molecule has 0 spiro atoms. The van der Waals surface area contributed by atoms with Crippen molar-refractivity contribution in [1.29, 1.82) is 0 Å². The van der Waals surface area contributed by atoms with Gasteiger partial charge in [-0.2, -0.15) is 0 Å². The van der Waals surface area contributed by atoms with Gasteiger partial charge in [-0.25, -0.2) is 13.1 Å². The largest absolute Gasteiger partial charge is 0.398 e. The van der Waals surface area contributed by atoms with Gasteiger partial charge in [0.1, 0.15) is 0 Å². The van der Waals surface area contributed by atoms with E-state index in [9.17, 15) is 8.42 Å². The molecule has 1 saturated carbocycles. The Bertz CT molecular complexity index is 556. The van der Waals surface area contributed by atoms with Crippen LogP contribution in [0.15, 0.2) is 23.1 Å². The monoisotopic (exact) mass is 304 g/mol. The van der Waals surface area contributed by atoms with Gasteiger partial charge in [0.25, 0.3) is 0 Å². The highest BCUT2D eigenvalue weighted by molar-refractivity contribution is 7.89. The number of benzene rings is 1. The Morgan fingerprint density at radius 1 is 1.47 bits per heavy atom. The summed E-state index contributed by atoms with van der Waals surface area (Å²) in [5, 5.41) is 0.240. The van der Waals surface area contributed by atoms with Crippen molar-refractivity contribution in [2.45, 2.75) is 36.8 Å². The van der Waals surface area contributed by atoms with Crippen molar-refractivity contribution in [2.75, 3.05) is 12.3 Å². The van der Waals surface area contributed by atoms with Crippen molar-refractivity contribution < 1.29 is 13.2 Å². The van der Waals surface area contributed by atoms with E-state index in [1.165, 1.54) is 18.2 Å².